The first kappa shape index (κ1) is 13.7. The molecule has 0 unspecified atom stereocenters. The smallest absolute Gasteiger partial charge is 0.255 e. The highest BCUT2D eigenvalue weighted by atomic mass is 16.5. The third-order valence-corrected chi connectivity index (χ3v) is 2.85. The molecule has 20 heavy (non-hydrogen) atoms. The van der Waals surface area contributed by atoms with Crippen molar-refractivity contribution in [2.24, 2.45) is 0 Å². The first-order chi connectivity index (χ1) is 9.60. The van der Waals surface area contributed by atoms with E-state index in [-0.39, 0.29) is 17.2 Å². The van der Waals surface area contributed by atoms with E-state index >= 15 is 0 Å². The molecule has 0 bridgehead atoms. The third-order valence-electron chi connectivity index (χ3n) is 2.85. The fourth-order valence-electron chi connectivity index (χ4n) is 1.80. The van der Waals surface area contributed by atoms with Gasteiger partial charge < -0.3 is 20.9 Å². The molecule has 0 spiro atoms. The summed E-state index contributed by atoms with van der Waals surface area (Å²) < 4.78 is 5.03. The molecule has 4 N–H and O–H groups in total. The molecule has 5 nitrogen and oxygen atoms in total. The number of rotatable bonds is 4. The minimum absolute atomic E-state index is 0.0872. The number of methoxy groups -OCH3 is 1. The van der Waals surface area contributed by atoms with Gasteiger partial charge in [-0.1, -0.05) is 12.1 Å². The third kappa shape index (κ3) is 3.20. The van der Waals surface area contributed by atoms with Gasteiger partial charge in [0.1, 0.15) is 11.5 Å². The minimum Gasteiger partial charge on any atom is -0.507 e. The number of nitrogens with one attached hydrogen (secondary N) is 1. The number of hydrogen-bond donors (Lipinski definition) is 3. The zero-order chi connectivity index (χ0) is 14.5. The Morgan fingerprint density at radius 2 is 2.10 bits per heavy atom. The Balaban J connectivity index is 2.08. The van der Waals surface area contributed by atoms with Crippen molar-refractivity contribution >= 4 is 11.6 Å². The summed E-state index contributed by atoms with van der Waals surface area (Å²) in [5, 5.41) is 12.4. The molecule has 0 saturated carbocycles. The van der Waals surface area contributed by atoms with Gasteiger partial charge in [-0.3, -0.25) is 4.79 Å². The normalized spacial score (nSPS) is 10.1. The summed E-state index contributed by atoms with van der Waals surface area (Å²) >= 11 is 0. The Labute approximate surface area is 117 Å². The van der Waals surface area contributed by atoms with Gasteiger partial charge in [-0.25, -0.2) is 0 Å². The highest BCUT2D eigenvalue weighted by Gasteiger charge is 2.12. The second kappa shape index (κ2) is 5.97. The van der Waals surface area contributed by atoms with Crippen molar-refractivity contribution in [3.63, 3.8) is 0 Å². The lowest BCUT2D eigenvalue weighted by atomic mass is 10.1. The van der Waals surface area contributed by atoms with Gasteiger partial charge in [0.2, 0.25) is 0 Å². The number of carbonyl (C=O) groups excluding carboxylic acids is 1. The summed E-state index contributed by atoms with van der Waals surface area (Å²) in [4.78, 5) is 12.0. The van der Waals surface area contributed by atoms with Crippen molar-refractivity contribution in [2.75, 3.05) is 12.8 Å². The molecule has 1 amide bonds. The number of carbonyl (C=O) groups is 1. The van der Waals surface area contributed by atoms with Crippen LogP contribution in [0.4, 0.5) is 5.69 Å². The average Bonchev–Trinajstić information content (AvgIpc) is 2.45. The molecule has 0 radical (unpaired) electrons. The van der Waals surface area contributed by atoms with Crippen molar-refractivity contribution in [1.82, 2.24) is 5.32 Å². The molecular weight excluding hydrogens is 256 g/mol. The second-order valence-electron chi connectivity index (χ2n) is 4.31. The molecule has 5 heteroatoms. The van der Waals surface area contributed by atoms with Crippen LogP contribution in [0.1, 0.15) is 15.9 Å². The van der Waals surface area contributed by atoms with Crippen molar-refractivity contribution in [1.29, 1.82) is 0 Å². The van der Waals surface area contributed by atoms with Gasteiger partial charge in [-0.15, -0.1) is 0 Å². The predicted octanol–water partition coefficient (Wildman–Crippen LogP) is 1.91. The molecule has 2 aromatic carbocycles. The standard InChI is InChI=1S/C15H16N2O3/c1-20-12-5-6-14(18)13(8-12)15(19)17-9-10-3-2-4-11(16)7-10/h2-8,18H,9,16H2,1H3,(H,17,19). The molecule has 0 aromatic heterocycles. The lowest BCUT2D eigenvalue weighted by Crippen LogP contribution is -2.23. The van der Waals surface area contributed by atoms with Gasteiger partial charge >= 0.3 is 0 Å². The largest absolute Gasteiger partial charge is 0.507 e. The monoisotopic (exact) mass is 272 g/mol. The van der Waals surface area contributed by atoms with Crippen molar-refractivity contribution < 1.29 is 14.6 Å². The predicted molar refractivity (Wildman–Crippen MR) is 76.7 cm³/mol. The Morgan fingerprint density at radius 3 is 2.80 bits per heavy atom. The van der Waals surface area contributed by atoms with E-state index < -0.39 is 0 Å². The maximum absolute atomic E-state index is 12.0. The van der Waals surface area contributed by atoms with Crippen LogP contribution in [0.5, 0.6) is 11.5 Å². The van der Waals surface area contributed by atoms with E-state index in [1.54, 1.807) is 18.2 Å². The first-order valence-corrected chi connectivity index (χ1v) is 6.10. The number of ether oxygens (including phenoxy) is 1. The first-order valence-electron chi connectivity index (χ1n) is 6.10. The number of nitrogen functional groups attached to an aromatic ring is 1. The molecular formula is C15H16N2O3. The maximum atomic E-state index is 12.0. The summed E-state index contributed by atoms with van der Waals surface area (Å²) in [5.41, 5.74) is 7.37. The van der Waals surface area contributed by atoms with Crippen LogP contribution >= 0.6 is 0 Å². The molecule has 2 rings (SSSR count). The lowest BCUT2D eigenvalue weighted by Gasteiger charge is -2.09. The van der Waals surface area contributed by atoms with E-state index in [0.717, 1.165) is 5.56 Å². The zero-order valence-electron chi connectivity index (χ0n) is 11.1. The highest BCUT2D eigenvalue weighted by molar-refractivity contribution is 5.97. The topological polar surface area (TPSA) is 84.6 Å². The lowest BCUT2D eigenvalue weighted by molar-refractivity contribution is 0.0948. The van der Waals surface area contributed by atoms with Crippen LogP contribution in [-0.2, 0) is 6.54 Å². The number of aromatic hydroxyl groups is 1. The number of benzene rings is 2. The number of amides is 1. The molecule has 0 aliphatic carbocycles. The van der Waals surface area contributed by atoms with E-state index in [9.17, 15) is 9.90 Å². The van der Waals surface area contributed by atoms with Crippen LogP contribution < -0.4 is 15.8 Å². The van der Waals surface area contributed by atoms with Crippen LogP contribution in [0.15, 0.2) is 42.5 Å². The number of anilines is 1. The molecule has 2 aromatic rings. The van der Waals surface area contributed by atoms with E-state index in [1.165, 1.54) is 19.2 Å². The molecule has 0 atom stereocenters. The summed E-state index contributed by atoms with van der Waals surface area (Å²) in [7, 11) is 1.50. The van der Waals surface area contributed by atoms with E-state index in [2.05, 4.69) is 5.32 Å². The Bertz CT molecular complexity index is 626. The van der Waals surface area contributed by atoms with Crippen LogP contribution in [0, 0.1) is 0 Å². The fraction of sp³-hybridized carbons (Fsp3) is 0.133. The second-order valence-corrected chi connectivity index (χ2v) is 4.31. The Hall–Kier alpha value is -2.69. The van der Waals surface area contributed by atoms with Gasteiger partial charge in [0.15, 0.2) is 0 Å². The number of hydrogen-bond acceptors (Lipinski definition) is 4. The van der Waals surface area contributed by atoms with Gasteiger partial charge in [0.25, 0.3) is 5.91 Å². The van der Waals surface area contributed by atoms with Crippen LogP contribution in [0.3, 0.4) is 0 Å². The summed E-state index contributed by atoms with van der Waals surface area (Å²) in [5.74, 6) is 0.0524. The van der Waals surface area contributed by atoms with Gasteiger partial charge in [-0.05, 0) is 35.9 Å². The highest BCUT2D eigenvalue weighted by Crippen LogP contribution is 2.22. The number of phenolic OH excluding ortho intramolecular Hbond substituents is 1. The molecule has 0 aliphatic rings. The van der Waals surface area contributed by atoms with Gasteiger partial charge in [0, 0.05) is 12.2 Å². The average molecular weight is 272 g/mol. The molecule has 104 valence electrons. The van der Waals surface area contributed by atoms with Crippen molar-refractivity contribution in [3.8, 4) is 11.5 Å². The van der Waals surface area contributed by atoms with Gasteiger partial charge in [0.05, 0.1) is 12.7 Å². The van der Waals surface area contributed by atoms with Gasteiger partial charge in [-0.2, -0.15) is 0 Å². The fourth-order valence-corrected chi connectivity index (χ4v) is 1.80. The zero-order valence-corrected chi connectivity index (χ0v) is 11.1. The summed E-state index contributed by atoms with van der Waals surface area (Å²) in [6.07, 6.45) is 0. The molecule has 0 fully saturated rings. The Morgan fingerprint density at radius 1 is 1.30 bits per heavy atom. The van der Waals surface area contributed by atoms with Crippen molar-refractivity contribution in [3.05, 3.63) is 53.6 Å². The summed E-state index contributed by atoms with van der Waals surface area (Å²) in [6, 6.07) is 11.7. The quantitative estimate of drug-likeness (QED) is 0.742. The van der Waals surface area contributed by atoms with Crippen LogP contribution in [-0.4, -0.2) is 18.1 Å². The molecule has 0 saturated heterocycles. The van der Waals surface area contributed by atoms with Crippen LogP contribution in [0.25, 0.3) is 0 Å². The molecule has 0 aliphatic heterocycles. The van der Waals surface area contributed by atoms with E-state index in [0.29, 0.717) is 18.0 Å². The van der Waals surface area contributed by atoms with Crippen molar-refractivity contribution in [2.45, 2.75) is 6.54 Å². The summed E-state index contributed by atoms with van der Waals surface area (Å²) in [6.45, 7) is 0.334. The van der Waals surface area contributed by atoms with E-state index in [1.807, 2.05) is 12.1 Å². The van der Waals surface area contributed by atoms with E-state index in [4.69, 9.17) is 10.5 Å². The number of nitrogens with two attached hydrogens (primary N) is 1. The molecule has 0 heterocycles. The minimum atomic E-state index is -0.371. The Kier molecular flexibility index (Phi) is 4.10. The number of phenols is 1. The maximum Gasteiger partial charge on any atom is 0.255 e. The van der Waals surface area contributed by atoms with Crippen LogP contribution in [0.2, 0.25) is 0 Å². The SMILES string of the molecule is COc1ccc(O)c(C(=O)NCc2cccc(N)c2)c1.